The molecule has 1 aromatic carbocycles. The highest BCUT2D eigenvalue weighted by molar-refractivity contribution is 5.92. The molecule has 0 bridgehead atoms. The van der Waals surface area contributed by atoms with Crippen molar-refractivity contribution in [2.75, 3.05) is 13.2 Å². The lowest BCUT2D eigenvalue weighted by Crippen LogP contribution is -2.09. The van der Waals surface area contributed by atoms with E-state index >= 15 is 0 Å². The summed E-state index contributed by atoms with van der Waals surface area (Å²) < 4.78 is 15.2. The van der Waals surface area contributed by atoms with E-state index in [2.05, 4.69) is 5.16 Å². The van der Waals surface area contributed by atoms with Crippen LogP contribution in [0, 0.1) is 0 Å². The summed E-state index contributed by atoms with van der Waals surface area (Å²) in [5, 5.41) is 12.7. The first-order valence-electron chi connectivity index (χ1n) is 8.25. The normalized spacial score (nSPS) is 11.0. The summed E-state index contributed by atoms with van der Waals surface area (Å²) in [6, 6.07) is 10.6. The molecular weight excluding hydrogens is 350 g/mol. The van der Waals surface area contributed by atoms with Crippen molar-refractivity contribution in [2.24, 2.45) is 0 Å². The van der Waals surface area contributed by atoms with Crippen molar-refractivity contribution >= 4 is 18.0 Å². The fourth-order valence-corrected chi connectivity index (χ4v) is 2.58. The number of fused-ring (bicyclic) bond motifs is 1. The molecule has 0 unspecified atom stereocenters. The molecule has 0 spiro atoms. The Bertz CT molecular complexity index is 941. The van der Waals surface area contributed by atoms with Crippen LogP contribution in [-0.2, 0) is 14.3 Å². The van der Waals surface area contributed by atoms with E-state index in [1.807, 2.05) is 12.1 Å². The Balaban J connectivity index is 1.83. The van der Waals surface area contributed by atoms with Crippen molar-refractivity contribution in [2.45, 2.75) is 6.92 Å². The molecular formula is C20H17NO6. The number of rotatable bonds is 7. The minimum Gasteiger partial charge on any atom is -0.482 e. The van der Waals surface area contributed by atoms with E-state index in [-0.39, 0.29) is 0 Å². The largest absolute Gasteiger partial charge is 0.482 e. The molecule has 1 N–H and O–H groups in total. The van der Waals surface area contributed by atoms with Gasteiger partial charge in [-0.1, -0.05) is 17.3 Å². The maximum Gasteiger partial charge on any atom is 0.341 e. The van der Waals surface area contributed by atoms with Gasteiger partial charge in [0, 0.05) is 22.8 Å². The summed E-state index contributed by atoms with van der Waals surface area (Å²) in [6.07, 6.45) is 4.56. The van der Waals surface area contributed by atoms with Crippen LogP contribution in [0.5, 0.6) is 5.75 Å². The highest BCUT2D eigenvalue weighted by Crippen LogP contribution is 2.36. The molecule has 7 heteroatoms. The zero-order chi connectivity index (χ0) is 19.2. The fraction of sp³-hybridized carbons (Fsp3) is 0.150. The van der Waals surface area contributed by atoms with Crippen molar-refractivity contribution in [1.82, 2.24) is 5.16 Å². The zero-order valence-electron chi connectivity index (χ0n) is 14.5. The van der Waals surface area contributed by atoms with Crippen LogP contribution in [-0.4, -0.2) is 35.4 Å². The number of aliphatic carboxylic acids is 1. The van der Waals surface area contributed by atoms with Crippen molar-refractivity contribution < 1.29 is 28.7 Å². The van der Waals surface area contributed by atoms with Crippen molar-refractivity contribution in [3.05, 3.63) is 54.3 Å². The molecule has 7 nitrogen and oxygen atoms in total. The predicted molar refractivity (Wildman–Crippen MR) is 97.4 cm³/mol. The lowest BCUT2D eigenvalue weighted by atomic mass is 10.0. The average Bonchev–Trinajstić information content (AvgIpc) is 3.08. The van der Waals surface area contributed by atoms with E-state index in [4.69, 9.17) is 19.1 Å². The number of benzene rings is 1. The first-order valence-corrected chi connectivity index (χ1v) is 8.25. The number of hydrogen-bond acceptors (Lipinski definition) is 6. The predicted octanol–water partition coefficient (Wildman–Crippen LogP) is 3.49. The minimum atomic E-state index is -1.04. The number of carboxylic acid groups (broad SMARTS) is 1. The van der Waals surface area contributed by atoms with Crippen molar-refractivity contribution in [3.8, 4) is 28.1 Å². The molecule has 0 fully saturated rings. The number of hydrogen-bond donors (Lipinski definition) is 1. The Kier molecular flexibility index (Phi) is 5.51. The third kappa shape index (κ3) is 4.33. The van der Waals surface area contributed by atoms with E-state index in [0.717, 1.165) is 22.3 Å². The van der Waals surface area contributed by atoms with Gasteiger partial charge in [-0.25, -0.2) is 9.59 Å². The summed E-state index contributed by atoms with van der Waals surface area (Å²) >= 11 is 0. The standard InChI is InChI=1S/C20H17NO6/c1-2-25-19(24)10-6-13-5-9-16-17(13)11-27-21-20(16)14-3-7-15(8-4-14)26-12-18(22)23/h3-11H,2,12H2,1H3,(H,22,23)/b10-6+. The van der Waals surface area contributed by atoms with Crippen LogP contribution in [0.25, 0.3) is 28.5 Å². The number of ether oxygens (including phenoxy) is 2. The van der Waals surface area contributed by atoms with Crippen molar-refractivity contribution in [1.29, 1.82) is 0 Å². The van der Waals surface area contributed by atoms with Gasteiger partial charge < -0.3 is 19.1 Å². The molecule has 0 atom stereocenters. The van der Waals surface area contributed by atoms with Crippen LogP contribution in [0.4, 0.5) is 0 Å². The molecule has 1 aliphatic heterocycles. The molecule has 3 rings (SSSR count). The van der Waals surface area contributed by atoms with E-state index in [9.17, 15) is 9.59 Å². The SMILES string of the molecule is CCOC(=O)/C=C/c1ccc2c(-c3ccc(OCC(=O)O)cc3)nocc1-2. The van der Waals surface area contributed by atoms with Gasteiger partial charge in [0.05, 0.1) is 6.61 Å². The Morgan fingerprint density at radius 2 is 1.93 bits per heavy atom. The number of carbonyl (C=O) groups is 2. The number of carboxylic acids is 1. The number of nitrogens with zero attached hydrogens (tertiary/aromatic N) is 1. The molecule has 1 heterocycles. The molecule has 27 heavy (non-hydrogen) atoms. The van der Waals surface area contributed by atoms with Gasteiger partial charge in [-0.3, -0.25) is 0 Å². The second-order valence-corrected chi connectivity index (χ2v) is 5.57. The number of carbonyl (C=O) groups excluding carboxylic acids is 1. The third-order valence-corrected chi connectivity index (χ3v) is 3.78. The van der Waals surface area contributed by atoms with E-state index in [0.29, 0.717) is 18.1 Å². The molecule has 0 saturated carbocycles. The highest BCUT2D eigenvalue weighted by atomic mass is 16.5. The third-order valence-electron chi connectivity index (χ3n) is 3.78. The molecule has 2 aliphatic rings. The van der Waals surface area contributed by atoms with E-state index in [1.54, 1.807) is 37.3 Å². The van der Waals surface area contributed by atoms with Gasteiger partial charge in [-0.2, -0.15) is 0 Å². The summed E-state index contributed by atoms with van der Waals surface area (Å²) in [7, 11) is 0. The molecule has 0 saturated heterocycles. The molecule has 0 aromatic heterocycles. The maximum atomic E-state index is 11.5. The van der Waals surface area contributed by atoms with Gasteiger partial charge >= 0.3 is 11.9 Å². The highest BCUT2D eigenvalue weighted by Gasteiger charge is 2.16. The number of esters is 1. The summed E-state index contributed by atoms with van der Waals surface area (Å²) in [6.45, 7) is 1.67. The van der Waals surface area contributed by atoms with Crippen LogP contribution in [0.3, 0.4) is 0 Å². The van der Waals surface area contributed by atoms with Gasteiger partial charge in [-0.15, -0.1) is 0 Å². The summed E-state index contributed by atoms with van der Waals surface area (Å²) in [5.41, 5.74) is 3.91. The smallest absolute Gasteiger partial charge is 0.341 e. The lowest BCUT2D eigenvalue weighted by Gasteiger charge is -2.08. The minimum absolute atomic E-state index is 0.320. The van der Waals surface area contributed by atoms with Gasteiger partial charge in [0.15, 0.2) is 6.61 Å². The molecule has 1 aliphatic carbocycles. The Morgan fingerprint density at radius 3 is 2.63 bits per heavy atom. The second-order valence-electron chi connectivity index (χ2n) is 5.57. The first kappa shape index (κ1) is 18.2. The van der Waals surface area contributed by atoms with Crippen LogP contribution in [0.15, 0.2) is 53.3 Å². The number of aromatic nitrogens is 1. The van der Waals surface area contributed by atoms with Gasteiger partial charge in [0.2, 0.25) is 0 Å². The second kappa shape index (κ2) is 8.18. The summed E-state index contributed by atoms with van der Waals surface area (Å²) in [5.74, 6) is -0.995. The fourth-order valence-electron chi connectivity index (χ4n) is 2.58. The maximum absolute atomic E-state index is 11.5. The Hall–Kier alpha value is -3.61. The van der Waals surface area contributed by atoms with E-state index in [1.165, 1.54) is 12.3 Å². The van der Waals surface area contributed by atoms with Gasteiger partial charge in [0.1, 0.15) is 17.7 Å². The van der Waals surface area contributed by atoms with Crippen LogP contribution >= 0.6 is 0 Å². The monoisotopic (exact) mass is 367 g/mol. The molecule has 0 radical (unpaired) electrons. The van der Waals surface area contributed by atoms with Crippen LogP contribution in [0.1, 0.15) is 12.5 Å². The first-order chi connectivity index (χ1) is 13.1. The van der Waals surface area contributed by atoms with Crippen LogP contribution < -0.4 is 4.74 Å². The quantitative estimate of drug-likeness (QED) is 0.504. The average molecular weight is 367 g/mol. The lowest BCUT2D eigenvalue weighted by molar-refractivity contribution is -0.139. The Morgan fingerprint density at radius 1 is 1.15 bits per heavy atom. The summed E-state index contributed by atoms with van der Waals surface area (Å²) in [4.78, 5) is 22.1. The Labute approximate surface area is 155 Å². The van der Waals surface area contributed by atoms with E-state index < -0.39 is 18.5 Å². The topological polar surface area (TPSA) is 98.9 Å². The zero-order valence-corrected chi connectivity index (χ0v) is 14.5. The van der Waals surface area contributed by atoms with Crippen LogP contribution in [0.2, 0.25) is 0 Å². The van der Waals surface area contributed by atoms with Crippen molar-refractivity contribution in [3.63, 3.8) is 0 Å². The molecule has 1 aromatic rings. The van der Waals surface area contributed by atoms with Gasteiger partial charge in [-0.05, 0) is 42.8 Å². The molecule has 138 valence electrons. The van der Waals surface area contributed by atoms with Gasteiger partial charge in [0.25, 0.3) is 0 Å². The molecule has 0 amide bonds.